The number of nitrogens with zero attached hydrogens (tertiary/aromatic N) is 2. The van der Waals surface area contributed by atoms with Crippen LogP contribution in [0.25, 0.3) is 0 Å². The van der Waals surface area contributed by atoms with Gasteiger partial charge in [0.1, 0.15) is 5.82 Å². The molecule has 1 aromatic heterocycles. The van der Waals surface area contributed by atoms with Crippen LogP contribution in [0.2, 0.25) is 0 Å². The summed E-state index contributed by atoms with van der Waals surface area (Å²) >= 11 is 3.12. The molecule has 0 saturated carbocycles. The Morgan fingerprint density at radius 2 is 1.95 bits per heavy atom. The molecule has 6 nitrogen and oxygen atoms in total. The number of hydrogen-bond donors (Lipinski definition) is 2. The number of rotatable bonds is 3. The summed E-state index contributed by atoms with van der Waals surface area (Å²) < 4.78 is 14.1. The van der Waals surface area contributed by atoms with E-state index >= 15 is 0 Å². The van der Waals surface area contributed by atoms with Crippen LogP contribution in [0.3, 0.4) is 0 Å². The third kappa shape index (κ3) is 2.97. The molecule has 2 rings (SSSR count). The topological polar surface area (TPSA) is 92.2 Å². The van der Waals surface area contributed by atoms with Gasteiger partial charge in [-0.05, 0) is 18.2 Å². The van der Waals surface area contributed by atoms with Gasteiger partial charge in [-0.3, -0.25) is 4.79 Å². The highest BCUT2D eigenvalue weighted by Gasteiger charge is 2.18. The van der Waals surface area contributed by atoms with E-state index in [0.717, 1.165) is 6.07 Å². The van der Waals surface area contributed by atoms with Gasteiger partial charge in [0.2, 0.25) is 0 Å². The standard InChI is InChI=1S/C12H7BrFN3O3/c13-6-1-2-8(14)7(5-6)11(18)17-10-9(12(19)20)15-3-4-16-10/h1-5H,(H,19,20)(H,16,17,18). The maximum Gasteiger partial charge on any atom is 0.358 e. The Balaban J connectivity index is 2.33. The zero-order valence-corrected chi connectivity index (χ0v) is 11.4. The third-order valence-corrected chi connectivity index (χ3v) is 2.80. The van der Waals surface area contributed by atoms with Crippen LogP contribution in [0.5, 0.6) is 0 Å². The highest BCUT2D eigenvalue weighted by Crippen LogP contribution is 2.17. The van der Waals surface area contributed by atoms with Gasteiger partial charge in [-0.2, -0.15) is 0 Å². The van der Waals surface area contributed by atoms with Crippen molar-refractivity contribution >= 4 is 33.6 Å². The van der Waals surface area contributed by atoms with E-state index in [9.17, 15) is 14.0 Å². The van der Waals surface area contributed by atoms with Gasteiger partial charge >= 0.3 is 5.97 Å². The Bertz CT molecular complexity index is 693. The van der Waals surface area contributed by atoms with Crippen molar-refractivity contribution in [3.8, 4) is 0 Å². The minimum Gasteiger partial charge on any atom is -0.476 e. The third-order valence-electron chi connectivity index (χ3n) is 2.31. The number of carbonyl (C=O) groups excluding carboxylic acids is 1. The molecular weight excluding hydrogens is 333 g/mol. The Morgan fingerprint density at radius 3 is 2.65 bits per heavy atom. The van der Waals surface area contributed by atoms with E-state index in [1.165, 1.54) is 24.5 Å². The van der Waals surface area contributed by atoms with Crippen molar-refractivity contribution < 1.29 is 19.1 Å². The lowest BCUT2D eigenvalue weighted by atomic mass is 10.2. The fourth-order valence-electron chi connectivity index (χ4n) is 1.43. The van der Waals surface area contributed by atoms with E-state index in [0.29, 0.717) is 4.47 Å². The number of carboxylic acid groups (broad SMARTS) is 1. The summed E-state index contributed by atoms with van der Waals surface area (Å²) in [6, 6.07) is 3.84. The van der Waals surface area contributed by atoms with Gasteiger partial charge in [0.25, 0.3) is 5.91 Å². The molecule has 0 bridgehead atoms. The van der Waals surface area contributed by atoms with Gasteiger partial charge < -0.3 is 10.4 Å². The van der Waals surface area contributed by atoms with E-state index in [4.69, 9.17) is 5.11 Å². The van der Waals surface area contributed by atoms with Crippen molar-refractivity contribution in [2.75, 3.05) is 5.32 Å². The Hall–Kier alpha value is -2.35. The number of carbonyl (C=O) groups is 2. The second-order valence-electron chi connectivity index (χ2n) is 3.64. The number of amides is 1. The highest BCUT2D eigenvalue weighted by molar-refractivity contribution is 9.10. The van der Waals surface area contributed by atoms with Crippen LogP contribution < -0.4 is 5.32 Å². The second-order valence-corrected chi connectivity index (χ2v) is 4.55. The molecule has 2 N–H and O–H groups in total. The van der Waals surface area contributed by atoms with Crippen LogP contribution in [-0.4, -0.2) is 27.0 Å². The first kappa shape index (κ1) is 14.1. The number of carboxylic acids is 1. The molecule has 1 aromatic carbocycles. The molecule has 0 aliphatic carbocycles. The Morgan fingerprint density at radius 1 is 1.25 bits per heavy atom. The van der Waals surface area contributed by atoms with Crippen LogP contribution in [0.1, 0.15) is 20.8 Å². The zero-order valence-electron chi connectivity index (χ0n) is 9.80. The lowest BCUT2D eigenvalue weighted by Crippen LogP contribution is -2.18. The average molecular weight is 340 g/mol. The predicted molar refractivity (Wildman–Crippen MR) is 71.0 cm³/mol. The molecule has 8 heteroatoms. The van der Waals surface area contributed by atoms with Crippen molar-refractivity contribution in [1.29, 1.82) is 0 Å². The summed E-state index contributed by atoms with van der Waals surface area (Å²) in [6.45, 7) is 0. The molecule has 0 saturated heterocycles. The molecule has 0 aliphatic heterocycles. The lowest BCUT2D eigenvalue weighted by Gasteiger charge is -2.07. The minimum absolute atomic E-state index is 0.235. The van der Waals surface area contributed by atoms with E-state index in [2.05, 4.69) is 31.2 Å². The van der Waals surface area contributed by atoms with Crippen molar-refractivity contribution in [3.63, 3.8) is 0 Å². The van der Waals surface area contributed by atoms with E-state index in [-0.39, 0.29) is 11.4 Å². The first-order valence-electron chi connectivity index (χ1n) is 5.29. The van der Waals surface area contributed by atoms with Gasteiger partial charge in [0.15, 0.2) is 11.5 Å². The van der Waals surface area contributed by atoms with E-state index in [1.807, 2.05) is 0 Å². The van der Waals surface area contributed by atoms with Crippen LogP contribution in [-0.2, 0) is 0 Å². The van der Waals surface area contributed by atoms with Gasteiger partial charge in [-0.1, -0.05) is 15.9 Å². The summed E-state index contributed by atoms with van der Waals surface area (Å²) in [4.78, 5) is 30.1. The highest BCUT2D eigenvalue weighted by atomic mass is 79.9. The molecule has 0 radical (unpaired) electrons. The van der Waals surface area contributed by atoms with E-state index < -0.39 is 23.4 Å². The summed E-state index contributed by atoms with van der Waals surface area (Å²) in [5.41, 5.74) is -0.655. The quantitative estimate of drug-likeness (QED) is 0.895. The molecular formula is C12H7BrFN3O3. The summed E-state index contributed by atoms with van der Waals surface area (Å²) in [5.74, 6) is -3.13. The number of aromatic carboxylic acids is 1. The molecule has 0 spiro atoms. The largest absolute Gasteiger partial charge is 0.476 e. The summed E-state index contributed by atoms with van der Waals surface area (Å²) in [5, 5.41) is 11.1. The Kier molecular flexibility index (Phi) is 4.04. The van der Waals surface area contributed by atoms with E-state index in [1.54, 1.807) is 0 Å². The first-order valence-corrected chi connectivity index (χ1v) is 6.09. The maximum absolute atomic E-state index is 13.5. The molecule has 102 valence electrons. The monoisotopic (exact) mass is 339 g/mol. The SMILES string of the molecule is O=C(Nc1nccnc1C(=O)O)c1cc(Br)ccc1F. The van der Waals surface area contributed by atoms with Crippen molar-refractivity contribution in [1.82, 2.24) is 9.97 Å². The number of halogens is 2. The van der Waals surface area contributed by atoms with Crippen molar-refractivity contribution in [2.24, 2.45) is 0 Å². The number of hydrogen-bond acceptors (Lipinski definition) is 4. The molecule has 1 amide bonds. The van der Waals surface area contributed by atoms with Crippen molar-refractivity contribution in [3.05, 3.63) is 52.1 Å². The smallest absolute Gasteiger partial charge is 0.358 e. The zero-order chi connectivity index (χ0) is 14.7. The fourth-order valence-corrected chi connectivity index (χ4v) is 1.79. The molecule has 0 atom stereocenters. The molecule has 0 fully saturated rings. The molecule has 20 heavy (non-hydrogen) atoms. The lowest BCUT2D eigenvalue weighted by molar-refractivity contribution is 0.0691. The van der Waals surface area contributed by atoms with Gasteiger partial charge in [-0.15, -0.1) is 0 Å². The van der Waals surface area contributed by atoms with Crippen LogP contribution >= 0.6 is 15.9 Å². The average Bonchev–Trinajstić information content (AvgIpc) is 2.41. The number of benzene rings is 1. The number of nitrogens with one attached hydrogen (secondary N) is 1. The fraction of sp³-hybridized carbons (Fsp3) is 0. The first-order chi connectivity index (χ1) is 9.49. The molecule has 2 aromatic rings. The molecule has 0 aliphatic rings. The van der Waals surface area contributed by atoms with Gasteiger partial charge in [0, 0.05) is 16.9 Å². The predicted octanol–water partition coefficient (Wildman–Crippen LogP) is 2.33. The van der Waals surface area contributed by atoms with Crippen LogP contribution in [0.4, 0.5) is 10.2 Å². The van der Waals surface area contributed by atoms with Gasteiger partial charge in [-0.25, -0.2) is 19.2 Å². The van der Waals surface area contributed by atoms with Crippen LogP contribution in [0, 0.1) is 5.82 Å². The van der Waals surface area contributed by atoms with Crippen LogP contribution in [0.15, 0.2) is 35.1 Å². The number of anilines is 1. The summed E-state index contributed by atoms with van der Waals surface area (Å²) in [7, 11) is 0. The minimum atomic E-state index is -1.34. The van der Waals surface area contributed by atoms with Crippen molar-refractivity contribution in [2.45, 2.75) is 0 Å². The summed E-state index contributed by atoms with van der Waals surface area (Å²) in [6.07, 6.45) is 2.40. The maximum atomic E-state index is 13.5. The molecule has 1 heterocycles. The number of aromatic nitrogens is 2. The second kappa shape index (κ2) is 5.74. The molecule has 0 unspecified atom stereocenters. The Labute approximate surface area is 120 Å². The normalized spacial score (nSPS) is 10.1. The van der Waals surface area contributed by atoms with Gasteiger partial charge in [0.05, 0.1) is 5.56 Å².